The van der Waals surface area contributed by atoms with Crippen LogP contribution in [0, 0.1) is 0 Å². The summed E-state index contributed by atoms with van der Waals surface area (Å²) in [6, 6.07) is 30.3. The van der Waals surface area contributed by atoms with Gasteiger partial charge in [-0.1, -0.05) is 48.9 Å². The first kappa shape index (κ1) is 27.4. The first-order chi connectivity index (χ1) is 20.5. The van der Waals surface area contributed by atoms with E-state index in [-0.39, 0.29) is 11.8 Å². The van der Waals surface area contributed by atoms with Gasteiger partial charge >= 0.3 is 0 Å². The van der Waals surface area contributed by atoms with Crippen LogP contribution in [0.1, 0.15) is 51.4 Å². The van der Waals surface area contributed by atoms with Crippen molar-refractivity contribution in [3.63, 3.8) is 0 Å². The SMILES string of the molecule is O=C1c2ccccc2C(=O)N1CCCCCS(=O)Nc1ccc2nc(Cc3ccc(Oc4ccccc4)cc3)[nH]c2c1. The zero-order valence-electron chi connectivity index (χ0n) is 22.9. The summed E-state index contributed by atoms with van der Waals surface area (Å²) in [5.41, 5.74) is 4.52. The van der Waals surface area contributed by atoms with Crippen molar-refractivity contribution in [1.82, 2.24) is 14.9 Å². The van der Waals surface area contributed by atoms with Crippen LogP contribution in [0.15, 0.2) is 97.1 Å². The van der Waals surface area contributed by atoms with Crippen molar-refractivity contribution in [2.75, 3.05) is 17.0 Å². The van der Waals surface area contributed by atoms with E-state index in [0.29, 0.717) is 42.7 Å². The minimum absolute atomic E-state index is 0.232. The highest BCUT2D eigenvalue weighted by Gasteiger charge is 2.34. The molecular weight excluding hydrogens is 548 g/mol. The number of fused-ring (bicyclic) bond motifs is 2. The lowest BCUT2D eigenvalue weighted by Gasteiger charge is -2.13. The van der Waals surface area contributed by atoms with E-state index < -0.39 is 11.0 Å². The summed E-state index contributed by atoms with van der Waals surface area (Å²) < 4.78 is 21.6. The Balaban J connectivity index is 0.959. The molecule has 0 spiro atoms. The van der Waals surface area contributed by atoms with Crippen LogP contribution >= 0.6 is 0 Å². The van der Waals surface area contributed by atoms with Gasteiger partial charge in [0.2, 0.25) is 0 Å². The molecule has 8 nitrogen and oxygen atoms in total. The van der Waals surface area contributed by atoms with Crippen LogP contribution in [0.25, 0.3) is 11.0 Å². The first-order valence-electron chi connectivity index (χ1n) is 13.9. The number of imidazole rings is 1. The van der Waals surface area contributed by atoms with Gasteiger partial charge in [0.25, 0.3) is 11.8 Å². The quantitative estimate of drug-likeness (QED) is 0.130. The van der Waals surface area contributed by atoms with Crippen LogP contribution in [0.4, 0.5) is 5.69 Å². The number of carbonyl (C=O) groups is 2. The van der Waals surface area contributed by atoms with Crippen LogP contribution < -0.4 is 9.46 Å². The Hall–Kier alpha value is -4.76. The molecule has 1 aliphatic rings. The van der Waals surface area contributed by atoms with Crippen LogP contribution in [-0.4, -0.2) is 43.2 Å². The number of benzene rings is 4. The van der Waals surface area contributed by atoms with Gasteiger partial charge in [-0.15, -0.1) is 0 Å². The Morgan fingerprint density at radius 1 is 0.786 bits per heavy atom. The van der Waals surface area contributed by atoms with E-state index in [1.54, 1.807) is 24.3 Å². The number of H-pyrrole nitrogens is 1. The van der Waals surface area contributed by atoms with Crippen molar-refractivity contribution in [3.8, 4) is 11.5 Å². The molecule has 2 heterocycles. The standard InChI is InChI=1S/C33H30N4O4S/c38-32-27-11-5-6-12-28(27)33(39)37(32)19-7-2-8-20-42(40)36-24-15-18-29-30(22-24)35-31(34-29)21-23-13-16-26(17-14-23)41-25-9-3-1-4-10-25/h1,3-6,9-18,22,36H,2,7-8,19-21H2,(H,34,35). The molecule has 1 aliphatic heterocycles. The van der Waals surface area contributed by atoms with Gasteiger partial charge < -0.3 is 14.4 Å². The van der Waals surface area contributed by atoms with E-state index >= 15 is 0 Å². The molecule has 2 N–H and O–H groups in total. The monoisotopic (exact) mass is 578 g/mol. The second-order valence-electron chi connectivity index (χ2n) is 10.2. The van der Waals surface area contributed by atoms with Crippen molar-refractivity contribution >= 4 is 39.5 Å². The number of anilines is 1. The minimum atomic E-state index is -1.25. The molecule has 0 saturated carbocycles. The fraction of sp³-hybridized carbons (Fsp3) is 0.182. The second-order valence-corrected chi connectivity index (χ2v) is 11.5. The molecule has 9 heteroatoms. The van der Waals surface area contributed by atoms with Crippen molar-refractivity contribution in [2.24, 2.45) is 0 Å². The predicted molar refractivity (Wildman–Crippen MR) is 164 cm³/mol. The van der Waals surface area contributed by atoms with Gasteiger partial charge in [0.05, 0.1) is 22.2 Å². The summed E-state index contributed by atoms with van der Waals surface area (Å²) in [6.45, 7) is 0.372. The van der Waals surface area contributed by atoms with Gasteiger partial charge in [-0.2, -0.15) is 0 Å². The normalized spacial score (nSPS) is 13.4. The van der Waals surface area contributed by atoms with E-state index in [2.05, 4.69) is 9.71 Å². The summed E-state index contributed by atoms with van der Waals surface area (Å²) in [6.07, 6.45) is 2.81. The topological polar surface area (TPSA) is 104 Å². The molecule has 4 aromatic carbocycles. The summed E-state index contributed by atoms with van der Waals surface area (Å²) in [5.74, 6) is 2.43. The average molecular weight is 579 g/mol. The number of hydrogen-bond donors (Lipinski definition) is 2. The smallest absolute Gasteiger partial charge is 0.261 e. The van der Waals surface area contributed by atoms with E-state index in [0.717, 1.165) is 46.0 Å². The van der Waals surface area contributed by atoms with Crippen LogP contribution in [0.2, 0.25) is 0 Å². The fourth-order valence-corrected chi connectivity index (χ4v) is 5.97. The lowest BCUT2D eigenvalue weighted by molar-refractivity contribution is 0.0651. The van der Waals surface area contributed by atoms with Crippen molar-refractivity contribution in [1.29, 1.82) is 0 Å². The molecular formula is C33H30N4O4S. The Morgan fingerprint density at radius 2 is 1.48 bits per heavy atom. The zero-order chi connectivity index (χ0) is 28.9. The number of ether oxygens (including phenoxy) is 1. The Labute approximate surface area is 246 Å². The zero-order valence-corrected chi connectivity index (χ0v) is 23.7. The molecule has 0 radical (unpaired) electrons. The van der Waals surface area contributed by atoms with Gasteiger partial charge in [-0.25, -0.2) is 9.19 Å². The maximum absolute atomic E-state index is 12.7. The van der Waals surface area contributed by atoms with E-state index in [1.807, 2.05) is 72.8 Å². The number of rotatable bonds is 12. The molecule has 1 unspecified atom stereocenters. The molecule has 0 saturated heterocycles. The molecule has 212 valence electrons. The number of imide groups is 1. The minimum Gasteiger partial charge on any atom is -0.457 e. The highest BCUT2D eigenvalue weighted by molar-refractivity contribution is 7.86. The van der Waals surface area contributed by atoms with Crippen molar-refractivity contribution in [3.05, 3.63) is 120 Å². The van der Waals surface area contributed by atoms with Gasteiger partial charge in [-0.3, -0.25) is 14.5 Å². The van der Waals surface area contributed by atoms with Gasteiger partial charge in [-0.05, 0) is 73.0 Å². The van der Waals surface area contributed by atoms with Crippen molar-refractivity contribution < 1.29 is 18.5 Å². The number of hydrogen-bond acceptors (Lipinski definition) is 5. The first-order valence-corrected chi connectivity index (χ1v) is 15.3. The number of nitrogens with one attached hydrogen (secondary N) is 2. The molecule has 0 bridgehead atoms. The Morgan fingerprint density at radius 3 is 2.21 bits per heavy atom. The van der Waals surface area contributed by atoms with E-state index in [4.69, 9.17) is 9.72 Å². The molecule has 1 aromatic heterocycles. The summed E-state index contributed by atoms with van der Waals surface area (Å²) in [5, 5.41) is 0. The number of aromatic amines is 1. The number of unbranched alkanes of at least 4 members (excludes halogenated alkanes) is 2. The van der Waals surface area contributed by atoms with Crippen LogP contribution in [-0.2, 0) is 17.4 Å². The number of carbonyl (C=O) groups excluding carboxylic acids is 2. The third-order valence-electron chi connectivity index (χ3n) is 7.13. The average Bonchev–Trinajstić information content (AvgIpc) is 3.51. The molecule has 42 heavy (non-hydrogen) atoms. The highest BCUT2D eigenvalue weighted by Crippen LogP contribution is 2.24. The molecule has 6 rings (SSSR count). The lowest BCUT2D eigenvalue weighted by Crippen LogP contribution is -2.30. The number of aromatic nitrogens is 2. The van der Waals surface area contributed by atoms with E-state index in [9.17, 15) is 13.8 Å². The van der Waals surface area contributed by atoms with Crippen LogP contribution in [0.5, 0.6) is 11.5 Å². The fourth-order valence-electron chi connectivity index (χ4n) is 5.01. The van der Waals surface area contributed by atoms with Gasteiger partial charge in [0, 0.05) is 24.4 Å². The number of amides is 2. The Bertz CT molecular complexity index is 1720. The molecule has 2 amide bonds. The molecule has 0 fully saturated rings. The molecule has 5 aromatic rings. The highest BCUT2D eigenvalue weighted by atomic mass is 32.2. The second kappa shape index (κ2) is 12.4. The third-order valence-corrected chi connectivity index (χ3v) is 8.25. The maximum atomic E-state index is 12.7. The third kappa shape index (κ3) is 6.26. The maximum Gasteiger partial charge on any atom is 0.261 e. The van der Waals surface area contributed by atoms with Crippen molar-refractivity contribution in [2.45, 2.75) is 25.7 Å². The number of nitrogens with zero attached hydrogens (tertiary/aromatic N) is 2. The lowest BCUT2D eigenvalue weighted by atomic mass is 10.1. The largest absolute Gasteiger partial charge is 0.457 e. The molecule has 0 aliphatic carbocycles. The van der Waals surface area contributed by atoms with Gasteiger partial charge in [0.1, 0.15) is 28.3 Å². The van der Waals surface area contributed by atoms with E-state index in [1.165, 1.54) is 4.90 Å². The summed E-state index contributed by atoms with van der Waals surface area (Å²) in [7, 11) is -1.25. The van der Waals surface area contributed by atoms with Crippen LogP contribution in [0.3, 0.4) is 0 Å². The summed E-state index contributed by atoms with van der Waals surface area (Å²) in [4.78, 5) is 34.3. The van der Waals surface area contributed by atoms with Gasteiger partial charge in [0.15, 0.2) is 0 Å². The molecule has 1 atom stereocenters. The number of para-hydroxylation sites is 1. The Kier molecular flexibility index (Phi) is 8.09. The summed E-state index contributed by atoms with van der Waals surface area (Å²) >= 11 is 0. The predicted octanol–water partition coefficient (Wildman–Crippen LogP) is 6.49.